The molecule has 0 radical (unpaired) electrons. The maximum Gasteiger partial charge on any atom is 0.174 e. The molecule has 0 amide bonds. The Hall–Kier alpha value is -1.88. The van der Waals surface area contributed by atoms with Gasteiger partial charge in [-0.25, -0.2) is 4.39 Å². The second-order valence-corrected chi connectivity index (χ2v) is 5.29. The number of methoxy groups -OCH3 is 2. The quantitative estimate of drug-likeness (QED) is 0.762. The van der Waals surface area contributed by atoms with E-state index >= 15 is 0 Å². The number of ketones is 1. The lowest BCUT2D eigenvalue weighted by Crippen LogP contribution is -2.09. The van der Waals surface area contributed by atoms with Crippen LogP contribution in [0.5, 0.6) is 11.5 Å². The largest absolute Gasteiger partial charge is 0.496 e. The Bertz CT molecular complexity index is 648. The third kappa shape index (κ3) is 3.42. The standard InChI is InChI=1S/C16H14BrFO3/c1-20-14-4-3-5-15(21-2)16(14)13(19)9-10-8-11(17)6-7-12(10)18/h3-8H,9H2,1-2H3. The first kappa shape index (κ1) is 15.5. The van der Waals surface area contributed by atoms with Crippen molar-refractivity contribution >= 4 is 21.7 Å². The van der Waals surface area contributed by atoms with Crippen molar-refractivity contribution < 1.29 is 18.7 Å². The van der Waals surface area contributed by atoms with Crippen LogP contribution in [0.15, 0.2) is 40.9 Å². The van der Waals surface area contributed by atoms with E-state index in [1.54, 1.807) is 30.3 Å². The number of carbonyl (C=O) groups excluding carboxylic acids is 1. The Labute approximate surface area is 130 Å². The number of halogens is 2. The molecule has 2 aromatic carbocycles. The molecule has 0 bridgehead atoms. The third-order valence-corrected chi connectivity index (χ3v) is 3.56. The van der Waals surface area contributed by atoms with Gasteiger partial charge in [0.25, 0.3) is 0 Å². The number of hydrogen-bond acceptors (Lipinski definition) is 3. The Morgan fingerprint density at radius 3 is 2.33 bits per heavy atom. The average molecular weight is 353 g/mol. The van der Waals surface area contributed by atoms with Gasteiger partial charge in [0.1, 0.15) is 22.9 Å². The molecule has 0 unspecified atom stereocenters. The van der Waals surface area contributed by atoms with Crippen LogP contribution >= 0.6 is 15.9 Å². The van der Waals surface area contributed by atoms with Crippen LogP contribution in [0.1, 0.15) is 15.9 Å². The fourth-order valence-corrected chi connectivity index (χ4v) is 2.47. The molecule has 0 aliphatic carbocycles. The molecule has 0 aliphatic rings. The molecule has 0 aliphatic heterocycles. The van der Waals surface area contributed by atoms with Crippen molar-refractivity contribution in [1.82, 2.24) is 0 Å². The summed E-state index contributed by atoms with van der Waals surface area (Å²) in [6, 6.07) is 9.59. The lowest BCUT2D eigenvalue weighted by Gasteiger charge is -2.12. The summed E-state index contributed by atoms with van der Waals surface area (Å²) < 4.78 is 24.9. The smallest absolute Gasteiger partial charge is 0.174 e. The SMILES string of the molecule is COc1cccc(OC)c1C(=O)Cc1cc(Br)ccc1F. The summed E-state index contributed by atoms with van der Waals surface area (Å²) in [5, 5.41) is 0. The van der Waals surface area contributed by atoms with Crippen molar-refractivity contribution in [3.8, 4) is 11.5 Å². The molecule has 0 heterocycles. The highest BCUT2D eigenvalue weighted by molar-refractivity contribution is 9.10. The molecule has 21 heavy (non-hydrogen) atoms. The molecular weight excluding hydrogens is 339 g/mol. The van der Waals surface area contributed by atoms with Crippen molar-refractivity contribution in [3.05, 3.63) is 57.8 Å². The number of ether oxygens (including phenoxy) is 2. The van der Waals surface area contributed by atoms with Crippen LogP contribution in [0.2, 0.25) is 0 Å². The summed E-state index contributed by atoms with van der Waals surface area (Å²) in [6.07, 6.45) is -0.0675. The van der Waals surface area contributed by atoms with Gasteiger partial charge in [0, 0.05) is 10.9 Å². The molecule has 0 saturated heterocycles. The van der Waals surface area contributed by atoms with Gasteiger partial charge in [-0.2, -0.15) is 0 Å². The predicted octanol–water partition coefficient (Wildman–Crippen LogP) is 4.03. The van der Waals surface area contributed by atoms with Gasteiger partial charge in [-0.15, -0.1) is 0 Å². The molecule has 110 valence electrons. The molecule has 0 N–H and O–H groups in total. The van der Waals surface area contributed by atoms with Gasteiger partial charge in [0.05, 0.1) is 14.2 Å². The molecule has 0 aromatic heterocycles. The zero-order valence-corrected chi connectivity index (χ0v) is 13.2. The zero-order chi connectivity index (χ0) is 15.4. The van der Waals surface area contributed by atoms with E-state index in [1.165, 1.54) is 20.3 Å². The maximum atomic E-state index is 13.8. The average Bonchev–Trinajstić information content (AvgIpc) is 2.49. The van der Waals surface area contributed by atoms with Crippen LogP contribution in [0.4, 0.5) is 4.39 Å². The number of hydrogen-bond donors (Lipinski definition) is 0. The highest BCUT2D eigenvalue weighted by Crippen LogP contribution is 2.30. The monoisotopic (exact) mass is 352 g/mol. The predicted molar refractivity (Wildman–Crippen MR) is 81.7 cm³/mol. The van der Waals surface area contributed by atoms with Gasteiger partial charge >= 0.3 is 0 Å². The van der Waals surface area contributed by atoms with Gasteiger partial charge in [0.15, 0.2) is 5.78 Å². The summed E-state index contributed by atoms with van der Waals surface area (Å²) in [5.41, 5.74) is 0.643. The molecule has 0 spiro atoms. The fraction of sp³-hybridized carbons (Fsp3) is 0.188. The van der Waals surface area contributed by atoms with Crippen molar-refractivity contribution in [1.29, 1.82) is 0 Å². The molecular formula is C16H14BrFO3. The molecule has 0 atom stereocenters. The Morgan fingerprint density at radius 1 is 1.14 bits per heavy atom. The van der Waals surface area contributed by atoms with Gasteiger partial charge in [-0.05, 0) is 35.9 Å². The Balaban J connectivity index is 2.38. The topological polar surface area (TPSA) is 35.5 Å². The first-order valence-electron chi connectivity index (χ1n) is 6.25. The summed E-state index contributed by atoms with van der Waals surface area (Å²) in [5.74, 6) is 0.145. The van der Waals surface area contributed by atoms with E-state index in [0.717, 1.165) is 4.47 Å². The van der Waals surface area contributed by atoms with Crippen molar-refractivity contribution in [3.63, 3.8) is 0 Å². The first-order valence-corrected chi connectivity index (χ1v) is 7.04. The van der Waals surface area contributed by atoms with Crippen LogP contribution in [-0.4, -0.2) is 20.0 Å². The zero-order valence-electron chi connectivity index (χ0n) is 11.7. The molecule has 2 aromatic rings. The Morgan fingerprint density at radius 2 is 1.76 bits per heavy atom. The molecule has 0 fully saturated rings. The van der Waals surface area contributed by atoms with Crippen LogP contribution in [0, 0.1) is 5.82 Å². The van der Waals surface area contributed by atoms with Crippen molar-refractivity contribution in [2.45, 2.75) is 6.42 Å². The number of Topliss-reactive ketones (excluding diaryl/α,β-unsaturated/α-hetero) is 1. The van der Waals surface area contributed by atoms with E-state index in [1.807, 2.05) is 0 Å². The lowest BCUT2D eigenvalue weighted by atomic mass is 10.0. The van der Waals surface area contributed by atoms with E-state index in [9.17, 15) is 9.18 Å². The Kier molecular flexibility index (Phi) is 4.96. The minimum atomic E-state index is -0.416. The number of rotatable bonds is 5. The second kappa shape index (κ2) is 6.72. The lowest BCUT2D eigenvalue weighted by molar-refractivity contribution is 0.0985. The van der Waals surface area contributed by atoms with Crippen molar-refractivity contribution in [2.75, 3.05) is 14.2 Å². The minimum Gasteiger partial charge on any atom is -0.496 e. The van der Waals surface area contributed by atoms with Gasteiger partial charge in [-0.1, -0.05) is 22.0 Å². The van der Waals surface area contributed by atoms with Gasteiger partial charge in [0.2, 0.25) is 0 Å². The minimum absolute atomic E-state index is 0.0675. The van der Waals surface area contributed by atoms with Gasteiger partial charge in [-0.3, -0.25) is 4.79 Å². The molecule has 2 rings (SSSR count). The van der Waals surface area contributed by atoms with E-state index in [2.05, 4.69) is 15.9 Å². The fourth-order valence-electron chi connectivity index (χ4n) is 2.07. The van der Waals surface area contributed by atoms with Crippen LogP contribution in [0.3, 0.4) is 0 Å². The van der Waals surface area contributed by atoms with E-state index < -0.39 is 5.82 Å². The number of benzene rings is 2. The third-order valence-electron chi connectivity index (χ3n) is 3.07. The first-order chi connectivity index (χ1) is 10.1. The van der Waals surface area contributed by atoms with Crippen molar-refractivity contribution in [2.24, 2.45) is 0 Å². The normalized spacial score (nSPS) is 10.3. The summed E-state index contributed by atoms with van der Waals surface area (Å²) >= 11 is 3.27. The summed E-state index contributed by atoms with van der Waals surface area (Å²) in [7, 11) is 2.95. The summed E-state index contributed by atoms with van der Waals surface area (Å²) in [6.45, 7) is 0. The van der Waals surface area contributed by atoms with Crippen LogP contribution < -0.4 is 9.47 Å². The highest BCUT2D eigenvalue weighted by Gasteiger charge is 2.19. The van der Waals surface area contributed by atoms with Gasteiger partial charge < -0.3 is 9.47 Å². The van der Waals surface area contributed by atoms with E-state index in [4.69, 9.17) is 9.47 Å². The van der Waals surface area contributed by atoms with E-state index in [-0.39, 0.29) is 12.2 Å². The maximum absolute atomic E-state index is 13.8. The number of carbonyl (C=O) groups is 1. The highest BCUT2D eigenvalue weighted by atomic mass is 79.9. The van der Waals surface area contributed by atoms with E-state index in [0.29, 0.717) is 22.6 Å². The second-order valence-electron chi connectivity index (χ2n) is 4.37. The summed E-state index contributed by atoms with van der Waals surface area (Å²) in [4.78, 5) is 12.5. The molecule has 3 nitrogen and oxygen atoms in total. The van der Waals surface area contributed by atoms with Crippen LogP contribution in [-0.2, 0) is 6.42 Å². The van der Waals surface area contributed by atoms with Crippen LogP contribution in [0.25, 0.3) is 0 Å². The molecule has 5 heteroatoms. The molecule has 0 saturated carbocycles.